The van der Waals surface area contributed by atoms with E-state index in [9.17, 15) is 8.78 Å². The van der Waals surface area contributed by atoms with Gasteiger partial charge in [0.15, 0.2) is 17.5 Å². The van der Waals surface area contributed by atoms with E-state index in [0.29, 0.717) is 29.2 Å². The first-order valence-corrected chi connectivity index (χ1v) is 9.45. The zero-order chi connectivity index (χ0) is 20.5. The molecule has 5 rings (SSSR count). The van der Waals surface area contributed by atoms with E-state index >= 15 is 0 Å². The number of rotatable bonds is 5. The molecule has 152 valence electrons. The second-order valence-electron chi connectivity index (χ2n) is 6.83. The molecule has 10 heteroatoms. The van der Waals surface area contributed by atoms with Crippen LogP contribution in [-0.2, 0) is 6.54 Å². The Morgan fingerprint density at radius 1 is 1.10 bits per heavy atom. The van der Waals surface area contributed by atoms with Crippen molar-refractivity contribution >= 4 is 5.82 Å². The highest BCUT2D eigenvalue weighted by atomic mass is 19.1. The summed E-state index contributed by atoms with van der Waals surface area (Å²) >= 11 is 0. The minimum absolute atomic E-state index is 0.170. The van der Waals surface area contributed by atoms with Crippen molar-refractivity contribution in [3.8, 4) is 22.9 Å². The number of anilines is 1. The first-order valence-electron chi connectivity index (χ1n) is 9.45. The van der Waals surface area contributed by atoms with Gasteiger partial charge in [0.05, 0.1) is 18.4 Å². The molecule has 3 aromatic heterocycles. The van der Waals surface area contributed by atoms with E-state index < -0.39 is 5.82 Å². The van der Waals surface area contributed by atoms with Gasteiger partial charge in [-0.05, 0) is 18.6 Å². The minimum Gasteiger partial charge on any atom is -0.364 e. The third-order valence-electron chi connectivity index (χ3n) is 4.83. The molecule has 0 amide bonds. The van der Waals surface area contributed by atoms with E-state index in [1.54, 1.807) is 40.0 Å². The van der Waals surface area contributed by atoms with Gasteiger partial charge < -0.3 is 4.52 Å². The van der Waals surface area contributed by atoms with Crippen LogP contribution in [0.2, 0.25) is 0 Å². The van der Waals surface area contributed by atoms with Gasteiger partial charge in [-0.3, -0.25) is 9.69 Å². The van der Waals surface area contributed by atoms with E-state index in [4.69, 9.17) is 4.52 Å². The maximum absolute atomic E-state index is 14.3. The summed E-state index contributed by atoms with van der Waals surface area (Å²) in [6.45, 7) is 1.59. The van der Waals surface area contributed by atoms with Gasteiger partial charge in [-0.15, -0.1) is 0 Å². The van der Waals surface area contributed by atoms with E-state index in [1.807, 2.05) is 0 Å². The lowest BCUT2D eigenvalue weighted by Gasteiger charge is -2.17. The van der Waals surface area contributed by atoms with Crippen LogP contribution in [0.1, 0.15) is 12.0 Å². The van der Waals surface area contributed by atoms with E-state index in [-0.39, 0.29) is 24.0 Å². The highest BCUT2D eigenvalue weighted by molar-refractivity contribution is 5.63. The predicted octanol–water partition coefficient (Wildman–Crippen LogP) is 3.04. The average Bonchev–Trinajstić information content (AvgIpc) is 3.52. The molecule has 4 aromatic rings. The van der Waals surface area contributed by atoms with Crippen LogP contribution in [0.5, 0.6) is 0 Å². The molecule has 4 heterocycles. The number of halogens is 2. The zero-order valence-electron chi connectivity index (χ0n) is 15.8. The molecule has 0 spiro atoms. The summed E-state index contributed by atoms with van der Waals surface area (Å²) < 4.78 is 35.0. The maximum Gasteiger partial charge on any atom is 0.185 e. The first kappa shape index (κ1) is 18.4. The van der Waals surface area contributed by atoms with Crippen LogP contribution < -0.4 is 10.4 Å². The summed E-state index contributed by atoms with van der Waals surface area (Å²) in [6, 6.07) is 9.89. The predicted molar refractivity (Wildman–Crippen MR) is 104 cm³/mol. The fourth-order valence-corrected chi connectivity index (χ4v) is 3.37. The second-order valence-corrected chi connectivity index (χ2v) is 6.83. The largest absolute Gasteiger partial charge is 0.364 e. The van der Waals surface area contributed by atoms with Crippen LogP contribution in [0.15, 0.2) is 53.4 Å². The molecule has 1 aliphatic rings. The Bertz CT molecular complexity index is 1170. The lowest BCUT2D eigenvalue weighted by molar-refractivity contribution is 0.421. The number of nitrogens with one attached hydrogen (secondary N) is 1. The van der Waals surface area contributed by atoms with Crippen molar-refractivity contribution in [2.45, 2.75) is 13.0 Å². The van der Waals surface area contributed by atoms with Crippen molar-refractivity contribution in [2.75, 3.05) is 18.1 Å². The summed E-state index contributed by atoms with van der Waals surface area (Å²) in [5.41, 5.74) is 5.12. The van der Waals surface area contributed by atoms with Crippen LogP contribution in [-0.4, -0.2) is 38.0 Å². The molecule has 0 atom stereocenters. The first-order chi connectivity index (χ1) is 14.7. The molecule has 1 fully saturated rings. The molecule has 1 aliphatic heterocycles. The highest BCUT2D eigenvalue weighted by Gasteiger charge is 2.21. The molecule has 1 N–H and O–H groups in total. The van der Waals surface area contributed by atoms with E-state index in [1.165, 1.54) is 12.3 Å². The third kappa shape index (κ3) is 3.41. The van der Waals surface area contributed by atoms with Crippen LogP contribution in [0.3, 0.4) is 0 Å². The van der Waals surface area contributed by atoms with Gasteiger partial charge in [-0.1, -0.05) is 23.4 Å². The Balaban J connectivity index is 1.56. The molecule has 0 bridgehead atoms. The third-order valence-corrected chi connectivity index (χ3v) is 4.83. The van der Waals surface area contributed by atoms with Crippen molar-refractivity contribution in [2.24, 2.45) is 0 Å². The van der Waals surface area contributed by atoms with Gasteiger partial charge >= 0.3 is 0 Å². The molecule has 8 nitrogen and oxygen atoms in total. The van der Waals surface area contributed by atoms with Gasteiger partial charge in [0.2, 0.25) is 0 Å². The number of benzene rings is 1. The standard InChI is InChI=1S/C20H17F2N7O/c21-14-5-2-1-4-13(14)12-29-18(16-6-9-30-27-16)10-17(26-29)19-23-11-15(22)20(25-19)28-8-3-7-24-28/h1-2,4-6,9-11,24H,3,7-8,12H2. The number of hydrogen-bond acceptors (Lipinski definition) is 7. The quantitative estimate of drug-likeness (QED) is 0.542. The van der Waals surface area contributed by atoms with Gasteiger partial charge in [-0.2, -0.15) is 5.10 Å². The Morgan fingerprint density at radius 2 is 2.00 bits per heavy atom. The Labute approximate surface area is 170 Å². The fraction of sp³-hybridized carbons (Fsp3) is 0.200. The van der Waals surface area contributed by atoms with Crippen molar-refractivity contribution in [1.29, 1.82) is 0 Å². The number of aromatic nitrogens is 5. The van der Waals surface area contributed by atoms with Gasteiger partial charge in [0.1, 0.15) is 23.5 Å². The normalized spacial score (nSPS) is 13.9. The zero-order valence-corrected chi connectivity index (χ0v) is 15.8. The number of hydrogen-bond donors (Lipinski definition) is 1. The Hall–Kier alpha value is -3.66. The number of nitrogens with zero attached hydrogens (tertiary/aromatic N) is 6. The summed E-state index contributed by atoms with van der Waals surface area (Å²) in [6.07, 6.45) is 3.47. The smallest absolute Gasteiger partial charge is 0.185 e. The van der Waals surface area contributed by atoms with Crippen molar-refractivity contribution in [1.82, 2.24) is 30.3 Å². The van der Waals surface area contributed by atoms with Gasteiger partial charge in [0.25, 0.3) is 0 Å². The monoisotopic (exact) mass is 409 g/mol. The molecule has 1 saturated heterocycles. The van der Waals surface area contributed by atoms with Gasteiger partial charge in [0, 0.05) is 24.7 Å². The SMILES string of the molecule is Fc1ccccc1Cn1nc(-c2ncc(F)c(N3CCCN3)n2)cc1-c1ccon1. The van der Waals surface area contributed by atoms with Crippen molar-refractivity contribution < 1.29 is 13.3 Å². The van der Waals surface area contributed by atoms with Crippen molar-refractivity contribution in [3.05, 3.63) is 66.1 Å². The molecule has 30 heavy (non-hydrogen) atoms. The lowest BCUT2D eigenvalue weighted by Crippen LogP contribution is -2.32. The summed E-state index contributed by atoms with van der Waals surface area (Å²) in [5.74, 6) is -0.419. The highest BCUT2D eigenvalue weighted by Crippen LogP contribution is 2.26. The summed E-state index contributed by atoms with van der Waals surface area (Å²) in [7, 11) is 0. The maximum atomic E-state index is 14.3. The topological polar surface area (TPSA) is 84.9 Å². The summed E-state index contributed by atoms with van der Waals surface area (Å²) in [5, 5.41) is 10.2. The van der Waals surface area contributed by atoms with Crippen molar-refractivity contribution in [3.63, 3.8) is 0 Å². The minimum atomic E-state index is -0.518. The molecule has 0 aliphatic carbocycles. The van der Waals surface area contributed by atoms with Crippen LogP contribution in [0, 0.1) is 11.6 Å². The molecule has 0 saturated carbocycles. The Morgan fingerprint density at radius 3 is 2.77 bits per heavy atom. The molecule has 1 aromatic carbocycles. The van der Waals surface area contributed by atoms with Crippen LogP contribution >= 0.6 is 0 Å². The molecular formula is C20H17F2N7O. The van der Waals surface area contributed by atoms with E-state index in [2.05, 4.69) is 25.6 Å². The molecule has 0 radical (unpaired) electrons. The van der Waals surface area contributed by atoms with Crippen LogP contribution in [0.25, 0.3) is 22.9 Å². The second kappa shape index (κ2) is 7.64. The average molecular weight is 409 g/mol. The van der Waals surface area contributed by atoms with Crippen LogP contribution in [0.4, 0.5) is 14.6 Å². The lowest BCUT2D eigenvalue weighted by atomic mass is 10.2. The molecule has 0 unspecified atom stereocenters. The number of hydrazine groups is 1. The Kier molecular flexibility index (Phi) is 4.68. The summed E-state index contributed by atoms with van der Waals surface area (Å²) in [4.78, 5) is 8.48. The fourth-order valence-electron chi connectivity index (χ4n) is 3.37. The van der Waals surface area contributed by atoms with E-state index in [0.717, 1.165) is 19.2 Å². The molecular weight excluding hydrogens is 392 g/mol. The van der Waals surface area contributed by atoms with Gasteiger partial charge in [-0.25, -0.2) is 24.2 Å².